The van der Waals surface area contributed by atoms with Gasteiger partial charge in [0.15, 0.2) is 0 Å². The van der Waals surface area contributed by atoms with Crippen molar-refractivity contribution in [3.8, 4) is 0 Å². The topological polar surface area (TPSA) is 50.4 Å². The van der Waals surface area contributed by atoms with Crippen molar-refractivity contribution in [3.63, 3.8) is 0 Å². The van der Waals surface area contributed by atoms with Gasteiger partial charge in [-0.25, -0.2) is 4.79 Å². The van der Waals surface area contributed by atoms with Crippen LogP contribution in [0.3, 0.4) is 0 Å². The van der Waals surface area contributed by atoms with Gasteiger partial charge >= 0.3 is 6.09 Å². The monoisotopic (exact) mass is 388 g/mol. The predicted octanol–water partition coefficient (Wildman–Crippen LogP) is 4.36. The first kappa shape index (κ1) is 17.8. The molecule has 0 atom stereocenters. The van der Waals surface area contributed by atoms with E-state index in [4.69, 9.17) is 4.74 Å². The lowest BCUT2D eigenvalue weighted by Gasteiger charge is -2.42. The zero-order valence-electron chi connectivity index (χ0n) is 13.7. The fraction of sp³-hybridized carbons (Fsp3) is 0.688. The molecule has 0 spiro atoms. The number of carbonyl (C=O) groups is 1. The van der Waals surface area contributed by atoms with Gasteiger partial charge in [-0.05, 0) is 69.0 Å². The van der Waals surface area contributed by atoms with Crippen molar-refractivity contribution in [2.75, 3.05) is 6.54 Å². The van der Waals surface area contributed by atoms with Crippen LogP contribution in [0, 0.1) is 6.92 Å². The van der Waals surface area contributed by atoms with E-state index in [9.17, 15) is 4.79 Å². The fourth-order valence-electron chi connectivity index (χ4n) is 2.50. The molecule has 1 saturated carbocycles. The van der Waals surface area contributed by atoms with E-state index in [0.29, 0.717) is 0 Å². The molecule has 0 aromatic carbocycles. The quantitative estimate of drug-likeness (QED) is 0.787. The molecule has 2 N–H and O–H groups in total. The van der Waals surface area contributed by atoms with E-state index in [0.717, 1.165) is 32.4 Å². The molecule has 1 aliphatic carbocycles. The minimum Gasteiger partial charge on any atom is -0.444 e. The number of nitrogens with one attached hydrogen (secondary N) is 2. The Morgan fingerprint density at radius 3 is 2.59 bits per heavy atom. The Bertz CT molecular complexity index is 513. The van der Waals surface area contributed by atoms with E-state index in [1.807, 2.05) is 20.8 Å². The van der Waals surface area contributed by atoms with Crippen LogP contribution in [0.2, 0.25) is 0 Å². The summed E-state index contributed by atoms with van der Waals surface area (Å²) in [7, 11) is 0. The van der Waals surface area contributed by atoms with Crippen LogP contribution in [0.15, 0.2) is 10.5 Å². The molecule has 1 amide bonds. The van der Waals surface area contributed by atoms with Crippen LogP contribution in [-0.2, 0) is 11.3 Å². The maximum atomic E-state index is 12.0. The molecule has 124 valence electrons. The Balaban J connectivity index is 1.82. The molecule has 0 bridgehead atoms. The number of hydrogen-bond acceptors (Lipinski definition) is 4. The summed E-state index contributed by atoms with van der Waals surface area (Å²) in [5.74, 6) is 0. The highest BCUT2D eigenvalue weighted by molar-refractivity contribution is 9.10. The summed E-state index contributed by atoms with van der Waals surface area (Å²) in [6.07, 6.45) is 2.85. The second-order valence-corrected chi connectivity index (χ2v) is 9.18. The van der Waals surface area contributed by atoms with Gasteiger partial charge in [0.05, 0.1) is 5.54 Å². The van der Waals surface area contributed by atoms with Gasteiger partial charge in [-0.1, -0.05) is 0 Å². The standard InChI is InChI=1S/C16H25BrN2O2S/c1-11-13(17)8-12(22-11)9-18-10-16(6-5-7-16)19-14(20)21-15(2,3)4/h8,18H,5-7,9-10H2,1-4H3,(H,19,20). The van der Waals surface area contributed by atoms with Crippen LogP contribution in [0.25, 0.3) is 0 Å². The highest BCUT2D eigenvalue weighted by Gasteiger charge is 2.39. The smallest absolute Gasteiger partial charge is 0.408 e. The molecule has 1 aromatic heterocycles. The molecule has 22 heavy (non-hydrogen) atoms. The minimum atomic E-state index is -0.455. The number of amides is 1. The summed E-state index contributed by atoms with van der Waals surface area (Å²) in [5.41, 5.74) is -0.602. The molecule has 1 aliphatic rings. The summed E-state index contributed by atoms with van der Waals surface area (Å²) in [4.78, 5) is 14.6. The number of halogens is 1. The summed E-state index contributed by atoms with van der Waals surface area (Å²) >= 11 is 5.33. The molecule has 6 heteroatoms. The largest absolute Gasteiger partial charge is 0.444 e. The van der Waals surface area contributed by atoms with Crippen LogP contribution in [0.1, 0.15) is 49.8 Å². The summed E-state index contributed by atoms with van der Waals surface area (Å²) in [6.45, 7) is 9.37. The highest BCUT2D eigenvalue weighted by atomic mass is 79.9. The summed E-state index contributed by atoms with van der Waals surface area (Å²) in [5, 5.41) is 6.53. The molecular weight excluding hydrogens is 364 g/mol. The molecule has 1 aromatic rings. The Morgan fingerprint density at radius 2 is 2.14 bits per heavy atom. The summed E-state index contributed by atoms with van der Waals surface area (Å²) < 4.78 is 6.54. The average Bonchev–Trinajstić information content (AvgIpc) is 2.63. The molecular formula is C16H25BrN2O2S. The van der Waals surface area contributed by atoms with Crippen LogP contribution in [0.4, 0.5) is 4.79 Å². The third-order valence-corrected chi connectivity index (χ3v) is 5.88. The SMILES string of the molecule is Cc1sc(CNCC2(NC(=O)OC(C)(C)C)CCC2)cc1Br. The second kappa shape index (κ2) is 6.89. The fourth-order valence-corrected chi connectivity index (χ4v) is 4.07. The number of carbonyl (C=O) groups excluding carboxylic acids is 1. The first-order valence-electron chi connectivity index (χ1n) is 7.66. The Kier molecular flexibility index (Phi) is 5.56. The van der Waals surface area contributed by atoms with Crippen molar-refractivity contribution >= 4 is 33.4 Å². The molecule has 1 fully saturated rings. The van der Waals surface area contributed by atoms with Crippen molar-refractivity contribution < 1.29 is 9.53 Å². The van der Waals surface area contributed by atoms with E-state index in [-0.39, 0.29) is 11.6 Å². The van der Waals surface area contributed by atoms with Crippen molar-refractivity contribution in [1.29, 1.82) is 0 Å². The van der Waals surface area contributed by atoms with Crippen molar-refractivity contribution in [2.24, 2.45) is 0 Å². The Labute approximate surface area is 145 Å². The molecule has 0 radical (unpaired) electrons. The molecule has 0 unspecified atom stereocenters. The lowest BCUT2D eigenvalue weighted by Crippen LogP contribution is -2.59. The Hall–Kier alpha value is -0.590. The van der Waals surface area contributed by atoms with Crippen molar-refractivity contribution in [1.82, 2.24) is 10.6 Å². The number of rotatable bonds is 5. The maximum Gasteiger partial charge on any atom is 0.408 e. The maximum absolute atomic E-state index is 12.0. The summed E-state index contributed by atoms with van der Waals surface area (Å²) in [6, 6.07) is 2.15. The van der Waals surface area contributed by atoms with E-state index in [2.05, 4.69) is 39.6 Å². The Morgan fingerprint density at radius 1 is 1.45 bits per heavy atom. The molecule has 0 saturated heterocycles. The lowest BCUT2D eigenvalue weighted by atomic mass is 9.76. The van der Waals surface area contributed by atoms with Crippen LogP contribution in [-0.4, -0.2) is 23.8 Å². The van der Waals surface area contributed by atoms with Crippen LogP contribution >= 0.6 is 27.3 Å². The minimum absolute atomic E-state index is 0.147. The number of aryl methyl sites for hydroxylation is 1. The van der Waals surface area contributed by atoms with Gasteiger partial charge in [-0.2, -0.15) is 0 Å². The molecule has 1 heterocycles. The molecule has 4 nitrogen and oxygen atoms in total. The van der Waals surface area contributed by atoms with Gasteiger partial charge in [0.2, 0.25) is 0 Å². The van der Waals surface area contributed by atoms with E-state index in [1.165, 1.54) is 14.2 Å². The zero-order chi connectivity index (χ0) is 16.4. The normalized spacial score (nSPS) is 17.0. The van der Waals surface area contributed by atoms with Gasteiger partial charge in [0.1, 0.15) is 5.60 Å². The van der Waals surface area contributed by atoms with Crippen molar-refractivity contribution in [2.45, 2.75) is 64.6 Å². The average molecular weight is 389 g/mol. The van der Waals surface area contributed by atoms with E-state index >= 15 is 0 Å². The van der Waals surface area contributed by atoms with E-state index in [1.54, 1.807) is 11.3 Å². The number of hydrogen-bond donors (Lipinski definition) is 2. The first-order chi connectivity index (χ1) is 10.2. The van der Waals surface area contributed by atoms with Crippen LogP contribution < -0.4 is 10.6 Å². The predicted molar refractivity (Wildman–Crippen MR) is 94.4 cm³/mol. The van der Waals surface area contributed by atoms with Gasteiger partial charge in [0, 0.05) is 27.3 Å². The number of thiophene rings is 1. The third kappa shape index (κ3) is 4.96. The van der Waals surface area contributed by atoms with Crippen molar-refractivity contribution in [3.05, 3.63) is 20.3 Å². The second-order valence-electron chi connectivity index (χ2n) is 6.98. The van der Waals surface area contributed by atoms with Gasteiger partial charge < -0.3 is 15.4 Å². The molecule has 0 aliphatic heterocycles. The highest BCUT2D eigenvalue weighted by Crippen LogP contribution is 2.32. The van der Waals surface area contributed by atoms with Gasteiger partial charge in [0.25, 0.3) is 0 Å². The molecule has 2 rings (SSSR count). The number of alkyl carbamates (subject to hydrolysis) is 1. The zero-order valence-corrected chi connectivity index (χ0v) is 16.1. The van der Waals surface area contributed by atoms with Gasteiger partial charge in [-0.3, -0.25) is 0 Å². The third-order valence-electron chi connectivity index (χ3n) is 3.75. The first-order valence-corrected chi connectivity index (χ1v) is 9.27. The number of ether oxygens (including phenoxy) is 1. The van der Waals surface area contributed by atoms with E-state index < -0.39 is 5.60 Å². The lowest BCUT2D eigenvalue weighted by molar-refractivity contribution is 0.0382. The van der Waals surface area contributed by atoms with Crippen LogP contribution in [0.5, 0.6) is 0 Å². The van der Waals surface area contributed by atoms with Gasteiger partial charge in [-0.15, -0.1) is 11.3 Å².